The van der Waals surface area contributed by atoms with E-state index in [2.05, 4.69) is 4.90 Å². The van der Waals surface area contributed by atoms with Crippen molar-refractivity contribution < 1.29 is 14.3 Å². The monoisotopic (exact) mass is 356 g/mol. The number of rotatable bonds is 4. The van der Waals surface area contributed by atoms with Gasteiger partial charge in [0.2, 0.25) is 11.8 Å². The van der Waals surface area contributed by atoms with E-state index in [1.165, 1.54) is 12.8 Å². The molecule has 3 aliphatic rings. The van der Waals surface area contributed by atoms with E-state index < -0.39 is 0 Å². The summed E-state index contributed by atoms with van der Waals surface area (Å²) < 4.78 is 5.17. The maximum atomic E-state index is 12.7. The first-order valence-corrected chi connectivity index (χ1v) is 9.84. The Morgan fingerprint density at radius 3 is 2.50 bits per heavy atom. The molecule has 4 rings (SSSR count). The van der Waals surface area contributed by atoms with Crippen LogP contribution in [0.3, 0.4) is 0 Å². The molecule has 2 saturated heterocycles. The maximum absolute atomic E-state index is 12.7. The van der Waals surface area contributed by atoms with E-state index in [1.54, 1.807) is 7.11 Å². The van der Waals surface area contributed by atoms with E-state index in [9.17, 15) is 9.59 Å². The Balaban J connectivity index is 1.35. The predicted molar refractivity (Wildman–Crippen MR) is 98.8 cm³/mol. The molecule has 2 amide bonds. The SMILES string of the molecule is COc1ccc(CC(=O)N2CC[C@H]3CC(=O)N(C4CC4)CC[C@H]3C2)cc1. The van der Waals surface area contributed by atoms with Crippen molar-refractivity contribution in [3.05, 3.63) is 29.8 Å². The standard InChI is InChI=1S/C21H28N2O3/c1-26-19-6-2-15(3-7-19)12-20(24)22-10-8-16-13-21(25)23(18-4-5-18)11-9-17(16)14-22/h2-3,6-7,16-18H,4-5,8-14H2,1H3/t16-,17-/m0/s1. The summed E-state index contributed by atoms with van der Waals surface area (Å²) in [7, 11) is 1.64. The zero-order valence-electron chi connectivity index (χ0n) is 15.5. The molecule has 2 heterocycles. The smallest absolute Gasteiger partial charge is 0.226 e. The predicted octanol–water partition coefficient (Wildman–Crippen LogP) is 2.49. The van der Waals surface area contributed by atoms with E-state index in [0.29, 0.717) is 36.6 Å². The van der Waals surface area contributed by atoms with Gasteiger partial charge >= 0.3 is 0 Å². The summed E-state index contributed by atoms with van der Waals surface area (Å²) in [5.41, 5.74) is 1.02. The lowest BCUT2D eigenvalue weighted by atomic mass is 9.82. The number of fused-ring (bicyclic) bond motifs is 1. The molecule has 0 spiro atoms. The minimum Gasteiger partial charge on any atom is -0.497 e. The molecule has 0 radical (unpaired) electrons. The molecule has 140 valence electrons. The molecule has 0 bridgehead atoms. The summed E-state index contributed by atoms with van der Waals surface area (Å²) in [5.74, 6) is 2.28. The molecule has 3 fully saturated rings. The van der Waals surface area contributed by atoms with Gasteiger partial charge in [0.25, 0.3) is 0 Å². The zero-order chi connectivity index (χ0) is 18.1. The maximum Gasteiger partial charge on any atom is 0.226 e. The van der Waals surface area contributed by atoms with Crippen LogP contribution in [-0.4, -0.2) is 54.4 Å². The van der Waals surface area contributed by atoms with Crippen molar-refractivity contribution in [1.29, 1.82) is 0 Å². The molecule has 0 N–H and O–H groups in total. The highest BCUT2D eigenvalue weighted by atomic mass is 16.5. The second-order valence-electron chi connectivity index (χ2n) is 7.98. The van der Waals surface area contributed by atoms with E-state index in [4.69, 9.17) is 4.74 Å². The fourth-order valence-electron chi connectivity index (χ4n) is 4.48. The van der Waals surface area contributed by atoms with Crippen LogP contribution < -0.4 is 4.74 Å². The number of likely N-dealkylation sites (tertiary alicyclic amines) is 2. The number of amides is 2. The topological polar surface area (TPSA) is 49.9 Å². The molecule has 1 saturated carbocycles. The summed E-state index contributed by atoms with van der Waals surface area (Å²) in [4.78, 5) is 29.4. The van der Waals surface area contributed by atoms with Crippen LogP contribution in [0.1, 0.15) is 37.7 Å². The van der Waals surface area contributed by atoms with Crippen molar-refractivity contribution in [2.75, 3.05) is 26.7 Å². The fraction of sp³-hybridized carbons (Fsp3) is 0.619. The number of hydrogen-bond donors (Lipinski definition) is 0. The first-order chi connectivity index (χ1) is 12.6. The first kappa shape index (κ1) is 17.4. The van der Waals surface area contributed by atoms with Gasteiger partial charge in [0.1, 0.15) is 5.75 Å². The lowest BCUT2D eigenvalue weighted by Crippen LogP contribution is -2.44. The Morgan fingerprint density at radius 2 is 1.81 bits per heavy atom. The van der Waals surface area contributed by atoms with Crippen molar-refractivity contribution in [3.63, 3.8) is 0 Å². The van der Waals surface area contributed by atoms with Crippen LogP contribution in [-0.2, 0) is 16.0 Å². The van der Waals surface area contributed by atoms with Crippen LogP contribution in [0.5, 0.6) is 5.75 Å². The second kappa shape index (κ2) is 7.29. The Bertz CT molecular complexity index is 668. The minimum atomic E-state index is 0.197. The van der Waals surface area contributed by atoms with Crippen LogP contribution in [0.4, 0.5) is 0 Å². The molecule has 2 aliphatic heterocycles. The van der Waals surface area contributed by atoms with Crippen LogP contribution >= 0.6 is 0 Å². The fourth-order valence-corrected chi connectivity index (χ4v) is 4.48. The highest BCUT2D eigenvalue weighted by molar-refractivity contribution is 5.79. The van der Waals surface area contributed by atoms with E-state index in [0.717, 1.165) is 43.8 Å². The quantitative estimate of drug-likeness (QED) is 0.833. The van der Waals surface area contributed by atoms with Gasteiger partial charge in [0, 0.05) is 32.1 Å². The number of nitrogens with zero attached hydrogens (tertiary/aromatic N) is 2. The number of benzene rings is 1. The van der Waals surface area contributed by atoms with Gasteiger partial charge in [-0.1, -0.05) is 12.1 Å². The third-order valence-electron chi connectivity index (χ3n) is 6.24. The number of ether oxygens (including phenoxy) is 1. The third kappa shape index (κ3) is 3.71. The van der Waals surface area contributed by atoms with Crippen molar-refractivity contribution >= 4 is 11.8 Å². The first-order valence-electron chi connectivity index (χ1n) is 9.84. The van der Waals surface area contributed by atoms with E-state index in [-0.39, 0.29) is 5.91 Å². The second-order valence-corrected chi connectivity index (χ2v) is 7.98. The molecule has 26 heavy (non-hydrogen) atoms. The third-order valence-corrected chi connectivity index (χ3v) is 6.24. The molecule has 5 nitrogen and oxygen atoms in total. The Morgan fingerprint density at radius 1 is 1.08 bits per heavy atom. The van der Waals surface area contributed by atoms with Gasteiger partial charge in [-0.2, -0.15) is 0 Å². The molecule has 2 atom stereocenters. The van der Waals surface area contributed by atoms with Crippen LogP contribution in [0.25, 0.3) is 0 Å². The van der Waals surface area contributed by atoms with Crippen LogP contribution in [0, 0.1) is 11.8 Å². The average molecular weight is 356 g/mol. The van der Waals surface area contributed by atoms with Gasteiger partial charge in [0.05, 0.1) is 13.5 Å². The van der Waals surface area contributed by atoms with Crippen molar-refractivity contribution in [2.24, 2.45) is 11.8 Å². The van der Waals surface area contributed by atoms with E-state index >= 15 is 0 Å². The van der Waals surface area contributed by atoms with Gasteiger partial charge in [-0.25, -0.2) is 0 Å². The summed E-state index contributed by atoms with van der Waals surface area (Å²) in [5, 5.41) is 0. The van der Waals surface area contributed by atoms with Crippen molar-refractivity contribution in [2.45, 2.75) is 44.6 Å². The zero-order valence-corrected chi connectivity index (χ0v) is 15.5. The Hall–Kier alpha value is -2.04. The number of hydrogen-bond acceptors (Lipinski definition) is 3. The largest absolute Gasteiger partial charge is 0.497 e. The van der Waals surface area contributed by atoms with Gasteiger partial charge < -0.3 is 14.5 Å². The van der Waals surface area contributed by atoms with E-state index in [1.807, 2.05) is 29.2 Å². The van der Waals surface area contributed by atoms with Crippen molar-refractivity contribution in [1.82, 2.24) is 9.80 Å². The molecule has 0 unspecified atom stereocenters. The molecular formula is C21H28N2O3. The van der Waals surface area contributed by atoms with Gasteiger partial charge in [-0.3, -0.25) is 9.59 Å². The molecule has 5 heteroatoms. The van der Waals surface area contributed by atoms with Crippen LogP contribution in [0.2, 0.25) is 0 Å². The molecule has 1 aromatic rings. The molecular weight excluding hydrogens is 328 g/mol. The molecule has 1 aliphatic carbocycles. The molecule has 0 aromatic heterocycles. The number of methoxy groups -OCH3 is 1. The lowest BCUT2D eigenvalue weighted by Gasteiger charge is -2.37. The number of carbonyl (C=O) groups is 2. The number of piperidine rings is 1. The van der Waals surface area contributed by atoms with Gasteiger partial charge in [-0.05, 0) is 55.2 Å². The Labute approximate surface area is 155 Å². The lowest BCUT2D eigenvalue weighted by molar-refractivity contribution is -0.133. The van der Waals surface area contributed by atoms with Gasteiger partial charge in [0.15, 0.2) is 0 Å². The summed E-state index contributed by atoms with van der Waals surface area (Å²) >= 11 is 0. The summed E-state index contributed by atoms with van der Waals surface area (Å²) in [6, 6.07) is 8.23. The Kier molecular flexibility index (Phi) is 4.88. The highest BCUT2D eigenvalue weighted by Crippen LogP contribution is 2.36. The number of carbonyl (C=O) groups excluding carboxylic acids is 2. The summed E-state index contributed by atoms with van der Waals surface area (Å²) in [6.07, 6.45) is 5.47. The van der Waals surface area contributed by atoms with Gasteiger partial charge in [-0.15, -0.1) is 0 Å². The van der Waals surface area contributed by atoms with Crippen LogP contribution in [0.15, 0.2) is 24.3 Å². The van der Waals surface area contributed by atoms with Crippen molar-refractivity contribution in [3.8, 4) is 5.75 Å². The minimum absolute atomic E-state index is 0.197. The molecule has 1 aromatic carbocycles. The highest BCUT2D eigenvalue weighted by Gasteiger charge is 2.40. The normalized spacial score (nSPS) is 26.3. The summed E-state index contributed by atoms with van der Waals surface area (Å²) in [6.45, 7) is 2.48. The average Bonchev–Trinajstić information content (AvgIpc) is 3.48.